The Balaban J connectivity index is 1.53. The maximum absolute atomic E-state index is 13.3. The number of rotatable bonds is 3. The number of aryl methyl sites for hydroxylation is 1. The average Bonchev–Trinajstić information content (AvgIpc) is 3.02. The van der Waals surface area contributed by atoms with Crippen molar-refractivity contribution in [1.82, 2.24) is 9.80 Å². The van der Waals surface area contributed by atoms with Gasteiger partial charge in [0.15, 0.2) is 17.1 Å². The molecular formula is C21H30N2O4. The van der Waals surface area contributed by atoms with Gasteiger partial charge in [-0.2, -0.15) is 0 Å². The molecule has 0 aromatic heterocycles. The maximum Gasteiger partial charge on any atom is 0.256 e. The van der Waals surface area contributed by atoms with E-state index >= 15 is 0 Å². The predicted octanol–water partition coefficient (Wildman–Crippen LogP) is 2.72. The largest absolute Gasteiger partial charge is 0.454 e. The number of nitrogens with zero attached hydrogens (tertiary/aromatic N) is 2. The summed E-state index contributed by atoms with van der Waals surface area (Å²) in [6.45, 7) is 10.3. The van der Waals surface area contributed by atoms with Gasteiger partial charge in [-0.05, 0) is 63.3 Å². The van der Waals surface area contributed by atoms with Crippen LogP contribution in [0.5, 0.6) is 11.5 Å². The van der Waals surface area contributed by atoms with Crippen LogP contribution in [0, 0.1) is 6.92 Å². The zero-order chi connectivity index (χ0) is 19.0. The summed E-state index contributed by atoms with van der Waals surface area (Å²) in [6.07, 6.45) is 2.90. The third-order valence-corrected chi connectivity index (χ3v) is 5.99. The highest BCUT2D eigenvalue weighted by Crippen LogP contribution is 2.36. The van der Waals surface area contributed by atoms with Crippen molar-refractivity contribution in [2.75, 3.05) is 33.0 Å². The average molecular weight is 374 g/mol. The van der Waals surface area contributed by atoms with Crippen LogP contribution in [-0.4, -0.2) is 60.4 Å². The van der Waals surface area contributed by atoms with Gasteiger partial charge in [0, 0.05) is 32.2 Å². The molecule has 148 valence electrons. The number of ether oxygens (including phenoxy) is 3. The van der Waals surface area contributed by atoms with E-state index in [0.29, 0.717) is 19.9 Å². The Hall–Kier alpha value is -1.79. The first-order valence-electron chi connectivity index (χ1n) is 10.0. The Kier molecular flexibility index (Phi) is 5.03. The molecule has 27 heavy (non-hydrogen) atoms. The van der Waals surface area contributed by atoms with Crippen molar-refractivity contribution in [3.05, 3.63) is 23.3 Å². The van der Waals surface area contributed by atoms with E-state index < -0.39 is 5.60 Å². The minimum absolute atomic E-state index is 0.169. The van der Waals surface area contributed by atoms with Gasteiger partial charge in [0.25, 0.3) is 5.91 Å². The molecule has 2 fully saturated rings. The Morgan fingerprint density at radius 2 is 1.93 bits per heavy atom. The lowest BCUT2D eigenvalue weighted by Crippen LogP contribution is -2.60. The quantitative estimate of drug-likeness (QED) is 0.814. The molecule has 0 N–H and O–H groups in total. The molecular weight excluding hydrogens is 344 g/mol. The number of hydrogen-bond donors (Lipinski definition) is 0. The highest BCUT2D eigenvalue weighted by Gasteiger charge is 2.47. The SMILES string of the molecule is Cc1cc2c(cc1CN1CCOC3(CCCCN(C(C)C)C3=O)C1)OCO2. The summed E-state index contributed by atoms with van der Waals surface area (Å²) in [5.74, 6) is 1.80. The van der Waals surface area contributed by atoms with Crippen LogP contribution >= 0.6 is 0 Å². The van der Waals surface area contributed by atoms with Crippen LogP contribution in [0.25, 0.3) is 0 Å². The molecule has 6 heteroatoms. The molecule has 3 heterocycles. The number of benzene rings is 1. The minimum Gasteiger partial charge on any atom is -0.454 e. The zero-order valence-electron chi connectivity index (χ0n) is 16.6. The molecule has 0 bridgehead atoms. The fourth-order valence-electron chi connectivity index (χ4n) is 4.42. The number of likely N-dealkylation sites (tertiary alicyclic amines) is 1. The van der Waals surface area contributed by atoms with Gasteiger partial charge in [0.05, 0.1) is 6.61 Å². The molecule has 1 aromatic carbocycles. The lowest BCUT2D eigenvalue weighted by atomic mass is 9.93. The van der Waals surface area contributed by atoms with Crippen LogP contribution in [0.4, 0.5) is 0 Å². The summed E-state index contributed by atoms with van der Waals surface area (Å²) < 4.78 is 17.2. The molecule has 3 aliphatic heterocycles. The van der Waals surface area contributed by atoms with Crippen LogP contribution < -0.4 is 9.47 Å². The molecule has 1 spiro atoms. The smallest absolute Gasteiger partial charge is 0.256 e. The molecule has 3 aliphatic rings. The van der Waals surface area contributed by atoms with E-state index in [1.165, 1.54) is 11.1 Å². The van der Waals surface area contributed by atoms with Gasteiger partial charge in [0.2, 0.25) is 6.79 Å². The molecule has 4 rings (SSSR count). The highest BCUT2D eigenvalue weighted by atomic mass is 16.7. The third kappa shape index (κ3) is 3.52. The Bertz CT molecular complexity index is 720. The van der Waals surface area contributed by atoms with Gasteiger partial charge in [-0.3, -0.25) is 9.69 Å². The van der Waals surface area contributed by atoms with Crippen LogP contribution in [-0.2, 0) is 16.1 Å². The minimum atomic E-state index is -0.691. The van der Waals surface area contributed by atoms with E-state index in [0.717, 1.165) is 50.4 Å². The second-order valence-corrected chi connectivity index (χ2v) is 8.23. The molecule has 1 unspecified atom stereocenters. The van der Waals surface area contributed by atoms with E-state index in [-0.39, 0.29) is 11.9 Å². The highest BCUT2D eigenvalue weighted by molar-refractivity contribution is 5.86. The summed E-state index contributed by atoms with van der Waals surface area (Å²) in [4.78, 5) is 17.7. The van der Waals surface area contributed by atoms with Crippen molar-refractivity contribution in [1.29, 1.82) is 0 Å². The molecule has 0 radical (unpaired) electrons. The van der Waals surface area contributed by atoms with Crippen LogP contribution in [0.1, 0.15) is 44.2 Å². The summed E-state index contributed by atoms with van der Waals surface area (Å²) in [6, 6.07) is 4.34. The molecule has 0 saturated carbocycles. The Morgan fingerprint density at radius 3 is 2.70 bits per heavy atom. The maximum atomic E-state index is 13.3. The molecule has 2 saturated heterocycles. The molecule has 6 nitrogen and oxygen atoms in total. The van der Waals surface area contributed by atoms with Crippen molar-refractivity contribution >= 4 is 5.91 Å². The Morgan fingerprint density at radius 1 is 1.15 bits per heavy atom. The van der Waals surface area contributed by atoms with E-state index in [9.17, 15) is 4.79 Å². The number of fused-ring (bicyclic) bond motifs is 1. The van der Waals surface area contributed by atoms with Gasteiger partial charge >= 0.3 is 0 Å². The van der Waals surface area contributed by atoms with E-state index in [4.69, 9.17) is 14.2 Å². The van der Waals surface area contributed by atoms with Crippen LogP contribution in [0.3, 0.4) is 0 Å². The van der Waals surface area contributed by atoms with Crippen LogP contribution in [0.15, 0.2) is 12.1 Å². The fourth-order valence-corrected chi connectivity index (χ4v) is 4.42. The number of amides is 1. The molecule has 0 aliphatic carbocycles. The third-order valence-electron chi connectivity index (χ3n) is 5.99. The van der Waals surface area contributed by atoms with Crippen molar-refractivity contribution < 1.29 is 19.0 Å². The number of morpholine rings is 1. The topological polar surface area (TPSA) is 51.2 Å². The number of hydrogen-bond acceptors (Lipinski definition) is 5. The monoisotopic (exact) mass is 374 g/mol. The summed E-state index contributed by atoms with van der Waals surface area (Å²) in [5.41, 5.74) is 1.72. The fraction of sp³-hybridized carbons (Fsp3) is 0.667. The van der Waals surface area contributed by atoms with Gasteiger partial charge in [-0.25, -0.2) is 0 Å². The molecule has 1 atom stereocenters. The van der Waals surface area contributed by atoms with E-state index in [1.807, 2.05) is 11.0 Å². The summed E-state index contributed by atoms with van der Waals surface area (Å²) >= 11 is 0. The van der Waals surface area contributed by atoms with Gasteiger partial charge in [-0.15, -0.1) is 0 Å². The van der Waals surface area contributed by atoms with Crippen LogP contribution in [0.2, 0.25) is 0 Å². The van der Waals surface area contributed by atoms with E-state index in [1.54, 1.807) is 0 Å². The van der Waals surface area contributed by atoms with E-state index in [2.05, 4.69) is 31.7 Å². The van der Waals surface area contributed by atoms with Gasteiger partial charge in [0.1, 0.15) is 0 Å². The van der Waals surface area contributed by atoms with Crippen molar-refractivity contribution in [3.63, 3.8) is 0 Å². The first kappa shape index (κ1) is 18.6. The predicted molar refractivity (Wildman–Crippen MR) is 102 cm³/mol. The second kappa shape index (κ2) is 7.32. The molecule has 1 aromatic rings. The standard InChI is InChI=1S/C21H30N2O4/c1-15(2)23-7-5-4-6-21(20(23)24)13-22(8-9-27-21)12-17-11-19-18(10-16(17)3)25-14-26-19/h10-11,15H,4-9,12-14H2,1-3H3. The number of carbonyl (C=O) groups is 1. The van der Waals surface area contributed by atoms with Crippen molar-refractivity contribution in [2.24, 2.45) is 0 Å². The number of carbonyl (C=O) groups excluding carboxylic acids is 1. The Labute approximate surface area is 161 Å². The molecule has 1 amide bonds. The second-order valence-electron chi connectivity index (χ2n) is 8.23. The summed E-state index contributed by atoms with van der Waals surface area (Å²) in [7, 11) is 0. The first-order chi connectivity index (χ1) is 13.0. The first-order valence-corrected chi connectivity index (χ1v) is 10.0. The normalized spacial score (nSPS) is 26.1. The lowest BCUT2D eigenvalue weighted by Gasteiger charge is -2.43. The van der Waals surface area contributed by atoms with Gasteiger partial charge < -0.3 is 19.1 Å². The van der Waals surface area contributed by atoms with Gasteiger partial charge in [-0.1, -0.05) is 0 Å². The zero-order valence-corrected chi connectivity index (χ0v) is 16.6. The lowest BCUT2D eigenvalue weighted by molar-refractivity contribution is -0.172. The van der Waals surface area contributed by atoms with Crippen molar-refractivity contribution in [3.8, 4) is 11.5 Å². The summed E-state index contributed by atoms with van der Waals surface area (Å²) in [5, 5.41) is 0. The van der Waals surface area contributed by atoms with Crippen molar-refractivity contribution in [2.45, 2.75) is 58.2 Å².